The van der Waals surface area contributed by atoms with Crippen LogP contribution in [0.5, 0.6) is 0 Å². The van der Waals surface area contributed by atoms with E-state index in [1.807, 2.05) is 0 Å². The van der Waals surface area contributed by atoms with Crippen molar-refractivity contribution in [3.8, 4) is 5.69 Å². The number of rotatable bonds is 3. The number of fused-ring (bicyclic) bond motifs is 1. The molecule has 2 aromatic carbocycles. The topological polar surface area (TPSA) is 60.9 Å². The Labute approximate surface area is 133 Å². The quantitative estimate of drug-likeness (QED) is 0.747. The number of halogens is 4. The van der Waals surface area contributed by atoms with Crippen LogP contribution in [0.4, 0.5) is 17.6 Å². The lowest BCUT2D eigenvalue weighted by molar-refractivity contribution is 0.515. The Morgan fingerprint density at radius 1 is 1.04 bits per heavy atom. The Kier molecular flexibility index (Phi) is 4.06. The lowest BCUT2D eigenvalue weighted by Gasteiger charge is -2.14. The summed E-state index contributed by atoms with van der Waals surface area (Å²) in [5, 5.41) is -0.597. The predicted molar refractivity (Wildman–Crippen MR) is 79.9 cm³/mol. The maximum absolute atomic E-state index is 14.0. The van der Waals surface area contributed by atoms with E-state index in [1.54, 1.807) is 0 Å². The van der Waals surface area contributed by atoms with Gasteiger partial charge in [-0.05, 0) is 30.8 Å². The summed E-state index contributed by atoms with van der Waals surface area (Å²) in [5.41, 5.74) is 4.27. The fourth-order valence-electron chi connectivity index (χ4n) is 2.49. The first-order chi connectivity index (χ1) is 11.4. The molecule has 3 rings (SSSR count). The Balaban J connectivity index is 2.44. The molecule has 0 aliphatic heterocycles. The zero-order chi connectivity index (χ0) is 17.4. The van der Waals surface area contributed by atoms with Gasteiger partial charge in [0.05, 0.1) is 11.2 Å². The Bertz CT molecular complexity index is 981. The summed E-state index contributed by atoms with van der Waals surface area (Å²) in [6.07, 6.45) is 0.0995. The predicted octanol–water partition coefficient (Wildman–Crippen LogP) is 2.44. The van der Waals surface area contributed by atoms with E-state index in [4.69, 9.17) is 5.73 Å². The van der Waals surface area contributed by atoms with Crippen LogP contribution in [0.2, 0.25) is 0 Å². The molecule has 2 N–H and O–H groups in total. The molecule has 0 radical (unpaired) electrons. The van der Waals surface area contributed by atoms with E-state index in [9.17, 15) is 22.4 Å². The lowest BCUT2D eigenvalue weighted by Crippen LogP contribution is -2.26. The molecule has 0 bridgehead atoms. The van der Waals surface area contributed by atoms with Gasteiger partial charge in [0.2, 0.25) is 0 Å². The van der Waals surface area contributed by atoms with Crippen molar-refractivity contribution >= 4 is 10.9 Å². The second-order valence-electron chi connectivity index (χ2n) is 5.09. The molecule has 24 heavy (non-hydrogen) atoms. The van der Waals surface area contributed by atoms with Crippen LogP contribution in [0, 0.1) is 23.3 Å². The molecule has 3 aromatic rings. The second-order valence-corrected chi connectivity index (χ2v) is 5.09. The first kappa shape index (κ1) is 16.1. The molecule has 0 aliphatic carbocycles. The first-order valence-corrected chi connectivity index (χ1v) is 6.98. The minimum atomic E-state index is -1.37. The summed E-state index contributed by atoms with van der Waals surface area (Å²) < 4.78 is 55.3. The molecule has 0 unspecified atom stereocenters. The SMILES string of the molecule is NCCc1nc2ccc(F)c(F)c2c(=O)n1-c1cc(F)cc(F)c1. The van der Waals surface area contributed by atoms with Crippen LogP contribution in [0.1, 0.15) is 5.82 Å². The second kappa shape index (κ2) is 6.04. The summed E-state index contributed by atoms with van der Waals surface area (Å²) in [5.74, 6) is -4.34. The van der Waals surface area contributed by atoms with E-state index in [2.05, 4.69) is 4.98 Å². The Hall–Kier alpha value is -2.74. The van der Waals surface area contributed by atoms with E-state index in [-0.39, 0.29) is 30.0 Å². The smallest absolute Gasteiger partial charge is 0.269 e. The van der Waals surface area contributed by atoms with Crippen LogP contribution < -0.4 is 11.3 Å². The average molecular weight is 337 g/mol. The fourth-order valence-corrected chi connectivity index (χ4v) is 2.49. The van der Waals surface area contributed by atoms with Gasteiger partial charge in [-0.15, -0.1) is 0 Å². The van der Waals surface area contributed by atoms with E-state index < -0.39 is 34.2 Å². The highest BCUT2D eigenvalue weighted by Crippen LogP contribution is 2.19. The van der Waals surface area contributed by atoms with Crippen LogP contribution in [0.25, 0.3) is 16.6 Å². The maximum atomic E-state index is 14.0. The van der Waals surface area contributed by atoms with Gasteiger partial charge in [0.1, 0.15) is 22.8 Å². The largest absolute Gasteiger partial charge is 0.330 e. The highest BCUT2D eigenvalue weighted by atomic mass is 19.2. The van der Waals surface area contributed by atoms with Crippen molar-refractivity contribution < 1.29 is 17.6 Å². The average Bonchev–Trinajstić information content (AvgIpc) is 2.50. The molecule has 0 amide bonds. The van der Waals surface area contributed by atoms with Gasteiger partial charge < -0.3 is 5.73 Å². The molecule has 0 saturated heterocycles. The molecule has 124 valence electrons. The van der Waals surface area contributed by atoms with Crippen molar-refractivity contribution in [2.45, 2.75) is 6.42 Å². The summed E-state index contributed by atoms with van der Waals surface area (Å²) in [6, 6.07) is 4.44. The maximum Gasteiger partial charge on any atom is 0.269 e. The minimum Gasteiger partial charge on any atom is -0.330 e. The number of nitrogens with zero attached hydrogens (tertiary/aromatic N) is 2. The number of hydrogen-bond donors (Lipinski definition) is 1. The molecule has 0 aliphatic rings. The van der Waals surface area contributed by atoms with Gasteiger partial charge >= 0.3 is 0 Å². The minimum absolute atomic E-state index is 0.0597. The van der Waals surface area contributed by atoms with Gasteiger partial charge in [0, 0.05) is 12.5 Å². The normalized spacial score (nSPS) is 11.2. The molecule has 4 nitrogen and oxygen atoms in total. The third-order valence-corrected chi connectivity index (χ3v) is 3.47. The molecule has 1 aromatic heterocycles. The molecular weight excluding hydrogens is 326 g/mol. The number of aromatic nitrogens is 2. The van der Waals surface area contributed by atoms with Crippen molar-refractivity contribution in [3.63, 3.8) is 0 Å². The summed E-state index contributed by atoms with van der Waals surface area (Å²) in [4.78, 5) is 16.7. The van der Waals surface area contributed by atoms with Gasteiger partial charge in [0.15, 0.2) is 11.6 Å². The summed E-state index contributed by atoms with van der Waals surface area (Å²) >= 11 is 0. The van der Waals surface area contributed by atoms with Crippen LogP contribution in [0.15, 0.2) is 35.1 Å². The van der Waals surface area contributed by atoms with Crippen LogP contribution in [0.3, 0.4) is 0 Å². The molecule has 0 spiro atoms. The van der Waals surface area contributed by atoms with Crippen LogP contribution >= 0.6 is 0 Å². The van der Waals surface area contributed by atoms with Crippen molar-refractivity contribution in [2.75, 3.05) is 6.54 Å². The Morgan fingerprint density at radius 2 is 1.71 bits per heavy atom. The zero-order valence-corrected chi connectivity index (χ0v) is 12.2. The highest BCUT2D eigenvalue weighted by Gasteiger charge is 2.18. The van der Waals surface area contributed by atoms with E-state index >= 15 is 0 Å². The lowest BCUT2D eigenvalue weighted by atomic mass is 10.2. The van der Waals surface area contributed by atoms with Gasteiger partial charge in [0.25, 0.3) is 5.56 Å². The molecule has 0 saturated carbocycles. The number of benzene rings is 2. The van der Waals surface area contributed by atoms with E-state index in [1.165, 1.54) is 0 Å². The number of nitrogens with two attached hydrogens (primary N) is 1. The Morgan fingerprint density at radius 3 is 2.33 bits per heavy atom. The van der Waals surface area contributed by atoms with E-state index in [0.29, 0.717) is 6.07 Å². The summed E-state index contributed by atoms with van der Waals surface area (Å²) in [6.45, 7) is 0.0966. The number of hydrogen-bond acceptors (Lipinski definition) is 3. The van der Waals surface area contributed by atoms with Crippen molar-refractivity contribution in [3.05, 3.63) is 69.8 Å². The van der Waals surface area contributed by atoms with Crippen LogP contribution in [-0.2, 0) is 6.42 Å². The third-order valence-electron chi connectivity index (χ3n) is 3.47. The zero-order valence-electron chi connectivity index (χ0n) is 12.2. The standard InChI is InChI=1S/C16H11F4N3O/c17-8-5-9(18)7-10(6-8)23-13(3-4-21)22-12-2-1-11(19)15(20)14(12)16(23)24/h1-2,5-7H,3-4,21H2. The molecule has 1 heterocycles. The molecule has 0 atom stereocenters. The monoisotopic (exact) mass is 337 g/mol. The van der Waals surface area contributed by atoms with Gasteiger partial charge in [-0.3, -0.25) is 9.36 Å². The van der Waals surface area contributed by atoms with Crippen LogP contribution in [-0.4, -0.2) is 16.1 Å². The molecule has 0 fully saturated rings. The molecule has 8 heteroatoms. The van der Waals surface area contributed by atoms with Crippen molar-refractivity contribution in [2.24, 2.45) is 5.73 Å². The third kappa shape index (κ3) is 2.65. The van der Waals surface area contributed by atoms with Gasteiger partial charge in [-0.25, -0.2) is 22.5 Å². The van der Waals surface area contributed by atoms with Crippen molar-refractivity contribution in [1.82, 2.24) is 9.55 Å². The van der Waals surface area contributed by atoms with Gasteiger partial charge in [-0.1, -0.05) is 0 Å². The van der Waals surface area contributed by atoms with Crippen molar-refractivity contribution in [1.29, 1.82) is 0 Å². The first-order valence-electron chi connectivity index (χ1n) is 6.98. The highest BCUT2D eigenvalue weighted by molar-refractivity contribution is 5.78. The van der Waals surface area contributed by atoms with E-state index in [0.717, 1.165) is 28.8 Å². The fraction of sp³-hybridized carbons (Fsp3) is 0.125. The summed E-state index contributed by atoms with van der Waals surface area (Å²) in [7, 11) is 0. The van der Waals surface area contributed by atoms with Gasteiger partial charge in [-0.2, -0.15) is 0 Å². The molecular formula is C16H11F4N3O.